The highest BCUT2D eigenvalue weighted by molar-refractivity contribution is 5.27. The maximum Gasteiger partial charge on any atom is 0.0581 e. The Balaban J connectivity index is 2.08. The Hall–Kier alpha value is -1.64. The van der Waals surface area contributed by atoms with Crippen LogP contribution in [0.4, 0.5) is 0 Å². The van der Waals surface area contributed by atoms with Crippen LogP contribution >= 0.6 is 0 Å². The lowest BCUT2D eigenvalue weighted by Crippen LogP contribution is -2.12. The number of nitrogens with zero attached hydrogens (tertiary/aromatic N) is 2. The van der Waals surface area contributed by atoms with Crippen LogP contribution in [0, 0.1) is 13.8 Å². The van der Waals surface area contributed by atoms with Crippen LogP contribution in [-0.2, 0) is 13.6 Å². The lowest BCUT2D eigenvalue weighted by atomic mass is 10.2. The molecular formula is C12H17N3. The Labute approximate surface area is 90.3 Å². The monoisotopic (exact) mass is 203 g/mol. The molecule has 2 aromatic heterocycles. The molecule has 2 rings (SSSR count). The molecule has 0 amide bonds. The zero-order valence-corrected chi connectivity index (χ0v) is 9.49. The van der Waals surface area contributed by atoms with Gasteiger partial charge in [0.1, 0.15) is 0 Å². The second kappa shape index (κ2) is 3.85. The molecule has 0 radical (unpaired) electrons. The fraction of sp³-hybridized carbons (Fsp3) is 0.333. The molecule has 0 spiro atoms. The van der Waals surface area contributed by atoms with Crippen molar-refractivity contribution in [2.75, 3.05) is 5.43 Å². The molecule has 0 saturated heterocycles. The van der Waals surface area contributed by atoms with Crippen molar-refractivity contribution in [1.82, 2.24) is 9.24 Å². The van der Waals surface area contributed by atoms with Gasteiger partial charge in [-0.3, -0.25) is 4.68 Å². The summed E-state index contributed by atoms with van der Waals surface area (Å²) >= 11 is 0. The minimum atomic E-state index is 0.863. The molecule has 2 heterocycles. The molecule has 3 heteroatoms. The Morgan fingerprint density at radius 2 is 1.87 bits per heavy atom. The zero-order valence-electron chi connectivity index (χ0n) is 9.49. The number of hydrogen-bond donors (Lipinski definition) is 1. The van der Waals surface area contributed by atoms with E-state index in [-0.39, 0.29) is 0 Å². The predicted octanol–water partition coefficient (Wildman–Crippen LogP) is 2.19. The third kappa shape index (κ3) is 1.91. The minimum Gasteiger partial charge on any atom is -0.352 e. The first-order valence-corrected chi connectivity index (χ1v) is 5.17. The number of hydrogen-bond acceptors (Lipinski definition) is 1. The predicted molar refractivity (Wildman–Crippen MR) is 62.4 cm³/mol. The summed E-state index contributed by atoms with van der Waals surface area (Å²) in [5.41, 5.74) is 7.30. The van der Waals surface area contributed by atoms with Crippen LogP contribution < -0.4 is 5.43 Å². The molecule has 1 N–H and O–H groups in total. The van der Waals surface area contributed by atoms with Gasteiger partial charge in [-0.25, -0.2) is 0 Å². The lowest BCUT2D eigenvalue weighted by Gasteiger charge is -2.07. The Morgan fingerprint density at radius 1 is 1.20 bits per heavy atom. The first-order chi connectivity index (χ1) is 7.18. The molecule has 0 saturated carbocycles. The van der Waals surface area contributed by atoms with Gasteiger partial charge in [-0.2, -0.15) is 0 Å². The van der Waals surface area contributed by atoms with Gasteiger partial charge in [0.15, 0.2) is 0 Å². The third-order valence-corrected chi connectivity index (χ3v) is 2.94. The zero-order chi connectivity index (χ0) is 10.8. The minimum absolute atomic E-state index is 0.863. The molecule has 0 aromatic carbocycles. The quantitative estimate of drug-likeness (QED) is 0.811. The number of nitrogens with one attached hydrogen (secondary N) is 1. The average molecular weight is 203 g/mol. The van der Waals surface area contributed by atoms with Crippen molar-refractivity contribution in [3.8, 4) is 0 Å². The van der Waals surface area contributed by atoms with E-state index in [0.29, 0.717) is 0 Å². The molecule has 0 aliphatic carbocycles. The molecule has 15 heavy (non-hydrogen) atoms. The van der Waals surface area contributed by atoms with Gasteiger partial charge in [0.25, 0.3) is 0 Å². The highest BCUT2D eigenvalue weighted by Crippen LogP contribution is 2.12. The van der Waals surface area contributed by atoms with Gasteiger partial charge in [-0.05, 0) is 37.6 Å². The highest BCUT2D eigenvalue weighted by atomic mass is 15.4. The summed E-state index contributed by atoms with van der Waals surface area (Å²) in [6.07, 6.45) is 4.01. The average Bonchev–Trinajstić information content (AvgIpc) is 2.80. The van der Waals surface area contributed by atoms with Gasteiger partial charge < -0.3 is 9.99 Å². The number of aromatic nitrogens is 2. The topological polar surface area (TPSA) is 21.9 Å². The van der Waals surface area contributed by atoms with Crippen molar-refractivity contribution in [3.63, 3.8) is 0 Å². The summed E-state index contributed by atoms with van der Waals surface area (Å²) in [7, 11) is 2.10. The van der Waals surface area contributed by atoms with Gasteiger partial charge in [0, 0.05) is 30.8 Å². The molecule has 0 atom stereocenters. The molecule has 0 aliphatic heterocycles. The lowest BCUT2D eigenvalue weighted by molar-refractivity contribution is 0.814. The van der Waals surface area contributed by atoms with Gasteiger partial charge >= 0.3 is 0 Å². The van der Waals surface area contributed by atoms with E-state index in [1.807, 2.05) is 29.2 Å². The van der Waals surface area contributed by atoms with Crippen LogP contribution in [0.3, 0.4) is 0 Å². The van der Waals surface area contributed by atoms with E-state index in [0.717, 1.165) is 6.54 Å². The summed E-state index contributed by atoms with van der Waals surface area (Å²) in [4.78, 5) is 0. The summed E-state index contributed by atoms with van der Waals surface area (Å²) in [5.74, 6) is 0. The normalized spacial score (nSPS) is 10.6. The van der Waals surface area contributed by atoms with E-state index in [1.165, 1.54) is 17.0 Å². The Kier molecular flexibility index (Phi) is 2.54. The molecule has 80 valence electrons. The molecule has 2 aromatic rings. The summed E-state index contributed by atoms with van der Waals surface area (Å²) in [6.45, 7) is 5.15. The van der Waals surface area contributed by atoms with Crippen LogP contribution in [0.1, 0.15) is 17.0 Å². The highest BCUT2D eigenvalue weighted by Gasteiger charge is 2.04. The van der Waals surface area contributed by atoms with Crippen LogP contribution in [0.5, 0.6) is 0 Å². The van der Waals surface area contributed by atoms with Crippen LogP contribution in [0.2, 0.25) is 0 Å². The second-order valence-corrected chi connectivity index (χ2v) is 3.88. The first-order valence-electron chi connectivity index (χ1n) is 5.17. The molecular weight excluding hydrogens is 186 g/mol. The molecule has 0 aliphatic rings. The van der Waals surface area contributed by atoms with Crippen LogP contribution in [0.25, 0.3) is 0 Å². The van der Waals surface area contributed by atoms with E-state index >= 15 is 0 Å². The smallest absolute Gasteiger partial charge is 0.0581 e. The Bertz CT molecular complexity index is 438. The molecule has 0 unspecified atom stereocenters. The SMILES string of the molecule is Cc1cc(CNn2cccc2)c(C)n1C. The largest absolute Gasteiger partial charge is 0.352 e. The number of aryl methyl sites for hydroxylation is 1. The van der Waals surface area contributed by atoms with Crippen molar-refractivity contribution in [1.29, 1.82) is 0 Å². The van der Waals surface area contributed by atoms with Crippen molar-refractivity contribution in [2.45, 2.75) is 20.4 Å². The van der Waals surface area contributed by atoms with Gasteiger partial charge in [0.2, 0.25) is 0 Å². The standard InChI is InChI=1S/C12H17N3/c1-10-8-12(11(2)14(10)3)9-13-15-6-4-5-7-15/h4-8,13H,9H2,1-3H3. The van der Waals surface area contributed by atoms with Crippen molar-refractivity contribution in [2.24, 2.45) is 7.05 Å². The van der Waals surface area contributed by atoms with Crippen molar-refractivity contribution < 1.29 is 0 Å². The Morgan fingerprint density at radius 3 is 2.40 bits per heavy atom. The van der Waals surface area contributed by atoms with E-state index in [1.54, 1.807) is 0 Å². The fourth-order valence-electron chi connectivity index (χ4n) is 1.73. The summed E-state index contributed by atoms with van der Waals surface area (Å²) < 4.78 is 4.19. The van der Waals surface area contributed by atoms with Crippen LogP contribution in [-0.4, -0.2) is 9.24 Å². The molecule has 0 fully saturated rings. The fourth-order valence-corrected chi connectivity index (χ4v) is 1.73. The number of rotatable bonds is 3. The summed E-state index contributed by atoms with van der Waals surface area (Å²) in [5, 5.41) is 0. The maximum atomic E-state index is 3.33. The summed E-state index contributed by atoms with van der Waals surface area (Å²) in [6, 6.07) is 6.25. The van der Waals surface area contributed by atoms with Crippen LogP contribution in [0.15, 0.2) is 30.6 Å². The van der Waals surface area contributed by atoms with Crippen molar-refractivity contribution >= 4 is 0 Å². The van der Waals surface area contributed by atoms with E-state index in [2.05, 4.69) is 37.0 Å². The molecule has 3 nitrogen and oxygen atoms in total. The third-order valence-electron chi connectivity index (χ3n) is 2.94. The van der Waals surface area contributed by atoms with Crippen molar-refractivity contribution in [3.05, 3.63) is 47.5 Å². The van der Waals surface area contributed by atoms with E-state index in [9.17, 15) is 0 Å². The van der Waals surface area contributed by atoms with E-state index < -0.39 is 0 Å². The van der Waals surface area contributed by atoms with Gasteiger partial charge in [0.05, 0.1) is 6.54 Å². The maximum absolute atomic E-state index is 3.33. The van der Waals surface area contributed by atoms with E-state index in [4.69, 9.17) is 0 Å². The van der Waals surface area contributed by atoms with Gasteiger partial charge in [-0.15, -0.1) is 0 Å². The van der Waals surface area contributed by atoms with Gasteiger partial charge in [-0.1, -0.05) is 0 Å². The molecule has 0 bridgehead atoms. The second-order valence-electron chi connectivity index (χ2n) is 3.88. The first kappa shape index (κ1) is 9.90.